The van der Waals surface area contributed by atoms with Crippen LogP contribution in [0.4, 0.5) is 4.39 Å². The maximum absolute atomic E-state index is 13.0. The number of nitrogens with zero attached hydrogens (tertiary/aromatic N) is 2. The fourth-order valence-corrected chi connectivity index (χ4v) is 1.22. The van der Waals surface area contributed by atoms with Crippen LogP contribution in [-0.4, -0.2) is 16.3 Å². The minimum absolute atomic E-state index is 0.177. The molecule has 0 fully saturated rings. The lowest BCUT2D eigenvalue weighted by Gasteiger charge is -2.01. The van der Waals surface area contributed by atoms with Gasteiger partial charge < -0.3 is 0 Å². The topological polar surface area (TPSA) is 42.9 Å². The highest BCUT2D eigenvalue weighted by Crippen LogP contribution is 2.16. The van der Waals surface area contributed by atoms with E-state index in [4.69, 9.17) is 0 Å². The van der Waals surface area contributed by atoms with Crippen LogP contribution in [0.15, 0.2) is 36.7 Å². The van der Waals surface area contributed by atoms with Gasteiger partial charge in [-0.25, -0.2) is 9.37 Å². The van der Waals surface area contributed by atoms with Gasteiger partial charge in [0.1, 0.15) is 5.69 Å². The summed E-state index contributed by atoms with van der Waals surface area (Å²) in [5.74, 6) is -0.609. The molecular formula is C11H7FN2O. The molecule has 0 atom stereocenters. The van der Waals surface area contributed by atoms with Gasteiger partial charge in [0.15, 0.2) is 12.1 Å². The fourth-order valence-electron chi connectivity index (χ4n) is 1.22. The van der Waals surface area contributed by atoms with Crippen molar-refractivity contribution in [3.8, 4) is 11.3 Å². The van der Waals surface area contributed by atoms with E-state index in [0.29, 0.717) is 12.0 Å². The molecule has 3 nitrogen and oxygen atoms in total. The number of carbonyl (C=O) groups is 1. The molecule has 2 rings (SSSR count). The fraction of sp³-hybridized carbons (Fsp3) is 0. The van der Waals surface area contributed by atoms with Crippen molar-refractivity contribution in [1.82, 2.24) is 9.97 Å². The summed E-state index contributed by atoms with van der Waals surface area (Å²) in [7, 11) is 0. The first kappa shape index (κ1) is 9.45. The molecule has 2 aromatic rings. The van der Waals surface area contributed by atoms with Gasteiger partial charge >= 0.3 is 0 Å². The highest BCUT2D eigenvalue weighted by atomic mass is 19.1. The van der Waals surface area contributed by atoms with E-state index < -0.39 is 5.82 Å². The molecule has 0 aliphatic rings. The third-order valence-corrected chi connectivity index (χ3v) is 1.96. The summed E-state index contributed by atoms with van der Waals surface area (Å²) in [6.45, 7) is 0. The molecule has 0 saturated heterocycles. The summed E-state index contributed by atoms with van der Waals surface area (Å²) in [5, 5.41) is 0. The Morgan fingerprint density at radius 3 is 2.53 bits per heavy atom. The third-order valence-electron chi connectivity index (χ3n) is 1.96. The van der Waals surface area contributed by atoms with E-state index in [1.54, 1.807) is 24.5 Å². The minimum Gasteiger partial charge on any atom is -0.296 e. The van der Waals surface area contributed by atoms with Gasteiger partial charge in [0.2, 0.25) is 0 Å². The summed E-state index contributed by atoms with van der Waals surface area (Å²) in [6, 6.07) is 6.24. The van der Waals surface area contributed by atoms with Gasteiger partial charge in [-0.2, -0.15) is 0 Å². The average molecular weight is 202 g/mol. The van der Waals surface area contributed by atoms with Crippen molar-refractivity contribution in [2.24, 2.45) is 0 Å². The molecule has 2 aromatic heterocycles. The number of carbonyl (C=O) groups excluding carboxylic acids is 1. The summed E-state index contributed by atoms with van der Waals surface area (Å²) < 4.78 is 13.0. The van der Waals surface area contributed by atoms with E-state index in [-0.39, 0.29) is 5.69 Å². The van der Waals surface area contributed by atoms with Gasteiger partial charge in [-0.15, -0.1) is 0 Å². The SMILES string of the molecule is O=Cc1nc(-c2ccncc2)ccc1F. The molecule has 2 heterocycles. The smallest absolute Gasteiger partial charge is 0.171 e. The van der Waals surface area contributed by atoms with Gasteiger partial charge in [-0.1, -0.05) is 0 Å². The predicted octanol–water partition coefficient (Wildman–Crippen LogP) is 2.10. The van der Waals surface area contributed by atoms with Crippen LogP contribution in [0.1, 0.15) is 10.5 Å². The molecule has 4 heteroatoms. The van der Waals surface area contributed by atoms with Crippen LogP contribution in [0.5, 0.6) is 0 Å². The van der Waals surface area contributed by atoms with E-state index in [0.717, 1.165) is 5.56 Å². The normalized spacial score (nSPS) is 9.93. The largest absolute Gasteiger partial charge is 0.296 e. The first-order chi connectivity index (χ1) is 7.31. The quantitative estimate of drug-likeness (QED) is 0.700. The van der Waals surface area contributed by atoms with Crippen LogP contribution in [0.3, 0.4) is 0 Å². The second-order valence-corrected chi connectivity index (χ2v) is 2.92. The molecule has 0 aromatic carbocycles. The van der Waals surface area contributed by atoms with E-state index in [9.17, 15) is 9.18 Å². The van der Waals surface area contributed by atoms with Crippen LogP contribution in [0.2, 0.25) is 0 Å². The summed E-state index contributed by atoms with van der Waals surface area (Å²) in [5.41, 5.74) is 1.18. The van der Waals surface area contributed by atoms with Crippen LogP contribution >= 0.6 is 0 Å². The Morgan fingerprint density at radius 1 is 1.13 bits per heavy atom. The van der Waals surface area contributed by atoms with Crippen LogP contribution in [-0.2, 0) is 0 Å². The van der Waals surface area contributed by atoms with Crippen LogP contribution < -0.4 is 0 Å². The average Bonchev–Trinajstić information content (AvgIpc) is 2.31. The molecule has 15 heavy (non-hydrogen) atoms. The van der Waals surface area contributed by atoms with Gasteiger partial charge in [0.05, 0.1) is 5.69 Å². The van der Waals surface area contributed by atoms with E-state index in [1.165, 1.54) is 12.1 Å². The number of aldehydes is 1. The first-order valence-corrected chi connectivity index (χ1v) is 4.33. The number of rotatable bonds is 2. The van der Waals surface area contributed by atoms with Gasteiger partial charge in [0.25, 0.3) is 0 Å². The molecule has 0 saturated carbocycles. The van der Waals surface area contributed by atoms with Gasteiger partial charge in [-0.05, 0) is 24.3 Å². The zero-order chi connectivity index (χ0) is 10.7. The number of hydrogen-bond donors (Lipinski definition) is 0. The Hall–Kier alpha value is -2.10. The predicted molar refractivity (Wildman–Crippen MR) is 52.8 cm³/mol. The Bertz CT molecular complexity index is 485. The molecular weight excluding hydrogens is 195 g/mol. The molecule has 74 valence electrons. The van der Waals surface area contributed by atoms with Gasteiger partial charge in [0, 0.05) is 18.0 Å². The summed E-state index contributed by atoms with van der Waals surface area (Å²) >= 11 is 0. The Morgan fingerprint density at radius 2 is 1.87 bits per heavy atom. The van der Waals surface area contributed by atoms with Crippen molar-refractivity contribution in [1.29, 1.82) is 0 Å². The molecule has 0 spiro atoms. The van der Waals surface area contributed by atoms with Gasteiger partial charge in [-0.3, -0.25) is 9.78 Å². The number of pyridine rings is 2. The zero-order valence-electron chi connectivity index (χ0n) is 7.72. The molecule has 0 aliphatic heterocycles. The van der Waals surface area contributed by atoms with Crippen molar-refractivity contribution >= 4 is 6.29 Å². The number of aromatic nitrogens is 2. The van der Waals surface area contributed by atoms with Crippen molar-refractivity contribution in [2.75, 3.05) is 0 Å². The zero-order valence-corrected chi connectivity index (χ0v) is 7.72. The summed E-state index contributed by atoms with van der Waals surface area (Å²) in [4.78, 5) is 18.2. The molecule has 0 unspecified atom stereocenters. The highest BCUT2D eigenvalue weighted by molar-refractivity contribution is 5.74. The Labute approximate surface area is 85.6 Å². The lowest BCUT2D eigenvalue weighted by atomic mass is 10.1. The molecule has 0 N–H and O–H groups in total. The molecule has 0 bridgehead atoms. The van der Waals surface area contributed by atoms with E-state index >= 15 is 0 Å². The molecule has 0 amide bonds. The Kier molecular flexibility index (Phi) is 2.49. The monoisotopic (exact) mass is 202 g/mol. The van der Waals surface area contributed by atoms with E-state index in [2.05, 4.69) is 9.97 Å². The second kappa shape index (κ2) is 3.96. The van der Waals surface area contributed by atoms with Crippen molar-refractivity contribution < 1.29 is 9.18 Å². The molecule has 0 aliphatic carbocycles. The maximum atomic E-state index is 13.0. The highest BCUT2D eigenvalue weighted by Gasteiger charge is 2.05. The lowest BCUT2D eigenvalue weighted by Crippen LogP contribution is -1.94. The van der Waals surface area contributed by atoms with Crippen molar-refractivity contribution in [3.05, 3.63) is 48.2 Å². The Balaban J connectivity index is 2.51. The standard InChI is InChI=1S/C11H7FN2O/c12-9-1-2-10(14-11(9)7-15)8-3-5-13-6-4-8/h1-7H. The van der Waals surface area contributed by atoms with E-state index in [1.807, 2.05) is 0 Å². The number of hydrogen-bond acceptors (Lipinski definition) is 3. The maximum Gasteiger partial charge on any atom is 0.171 e. The van der Waals surface area contributed by atoms with Crippen molar-refractivity contribution in [2.45, 2.75) is 0 Å². The lowest BCUT2D eigenvalue weighted by molar-refractivity contribution is 0.111. The van der Waals surface area contributed by atoms with Crippen molar-refractivity contribution in [3.63, 3.8) is 0 Å². The summed E-state index contributed by atoms with van der Waals surface area (Å²) in [6.07, 6.45) is 3.63. The molecule has 0 radical (unpaired) electrons. The third kappa shape index (κ3) is 1.88. The number of halogens is 1. The first-order valence-electron chi connectivity index (χ1n) is 4.33. The van der Waals surface area contributed by atoms with Crippen LogP contribution in [0.25, 0.3) is 11.3 Å². The minimum atomic E-state index is -0.609. The second-order valence-electron chi connectivity index (χ2n) is 2.92. The van der Waals surface area contributed by atoms with Crippen LogP contribution in [0, 0.1) is 5.82 Å².